The van der Waals surface area contributed by atoms with Gasteiger partial charge >= 0.3 is 0 Å². The Labute approximate surface area is 133 Å². The lowest BCUT2D eigenvalue weighted by Crippen LogP contribution is -2.49. The highest BCUT2D eigenvalue weighted by Crippen LogP contribution is 2.31. The number of hydrogen-bond donors (Lipinski definition) is 2. The van der Waals surface area contributed by atoms with E-state index in [-0.39, 0.29) is 5.91 Å². The fraction of sp³-hybridized carbons (Fsp3) is 0.875. The summed E-state index contributed by atoms with van der Waals surface area (Å²) in [5, 5.41) is 6.68. The zero-order valence-corrected chi connectivity index (χ0v) is 13.8. The van der Waals surface area contributed by atoms with Crippen molar-refractivity contribution in [2.45, 2.75) is 44.7 Å². The Kier molecular flexibility index (Phi) is 4.86. The third-order valence-electron chi connectivity index (χ3n) is 5.12. The topological polar surface area (TPSA) is 60.0 Å². The predicted molar refractivity (Wildman–Crippen MR) is 87.9 cm³/mol. The lowest BCUT2D eigenvalue weighted by molar-refractivity contribution is -0.128. The van der Waals surface area contributed by atoms with E-state index in [1.165, 1.54) is 19.4 Å². The van der Waals surface area contributed by atoms with E-state index in [9.17, 15) is 4.79 Å². The molecule has 3 rings (SSSR count). The molecule has 6 heteroatoms. The first-order valence-electron chi connectivity index (χ1n) is 8.66. The second-order valence-corrected chi connectivity index (χ2v) is 6.93. The van der Waals surface area contributed by atoms with Crippen LogP contribution in [0, 0.1) is 5.92 Å². The smallest absolute Gasteiger partial charge is 0.241 e. The molecule has 0 aromatic heterocycles. The van der Waals surface area contributed by atoms with Crippen molar-refractivity contribution in [2.75, 3.05) is 39.8 Å². The number of likely N-dealkylation sites (tertiary alicyclic amines) is 2. The highest BCUT2D eigenvalue weighted by molar-refractivity contribution is 5.86. The number of nitrogens with one attached hydrogen (secondary N) is 2. The van der Waals surface area contributed by atoms with E-state index in [1.54, 1.807) is 7.05 Å². The predicted octanol–water partition coefficient (Wildman–Crippen LogP) is 0.257. The van der Waals surface area contributed by atoms with Gasteiger partial charge < -0.3 is 15.5 Å². The molecule has 22 heavy (non-hydrogen) atoms. The molecule has 1 amide bonds. The molecule has 2 saturated heterocycles. The Morgan fingerprint density at radius 1 is 1.23 bits per heavy atom. The van der Waals surface area contributed by atoms with Crippen LogP contribution in [0.4, 0.5) is 0 Å². The van der Waals surface area contributed by atoms with Crippen molar-refractivity contribution >= 4 is 11.9 Å². The van der Waals surface area contributed by atoms with Crippen LogP contribution in [0.15, 0.2) is 4.99 Å². The number of carbonyl (C=O) groups is 1. The molecule has 0 bridgehead atoms. The highest BCUT2D eigenvalue weighted by Gasteiger charge is 2.38. The average Bonchev–Trinajstić information content (AvgIpc) is 3.09. The van der Waals surface area contributed by atoms with Gasteiger partial charge in [-0.25, -0.2) is 0 Å². The lowest BCUT2D eigenvalue weighted by atomic mass is 10.1. The SMILES string of the molecule is CN=C(NCC(=O)N1CCCC1)NC1CN(C2CC2)CC1C. The molecule has 1 aliphatic carbocycles. The van der Waals surface area contributed by atoms with E-state index in [4.69, 9.17) is 0 Å². The van der Waals surface area contributed by atoms with Gasteiger partial charge in [0.15, 0.2) is 5.96 Å². The maximum absolute atomic E-state index is 12.1. The molecule has 0 radical (unpaired) electrons. The molecule has 2 aliphatic heterocycles. The van der Waals surface area contributed by atoms with Crippen molar-refractivity contribution in [3.8, 4) is 0 Å². The Balaban J connectivity index is 1.44. The molecular formula is C16H29N5O. The Morgan fingerprint density at radius 2 is 1.95 bits per heavy atom. The van der Waals surface area contributed by atoms with Gasteiger partial charge in [0.1, 0.15) is 0 Å². The number of guanidine groups is 1. The number of nitrogens with zero attached hydrogens (tertiary/aromatic N) is 3. The first-order chi connectivity index (χ1) is 10.7. The molecule has 3 fully saturated rings. The van der Waals surface area contributed by atoms with Crippen LogP contribution in [0.2, 0.25) is 0 Å². The van der Waals surface area contributed by atoms with Crippen molar-refractivity contribution in [3.05, 3.63) is 0 Å². The standard InChI is InChI=1S/C16H29N5O/c1-12-10-21(13-5-6-13)11-14(12)19-16(17-2)18-9-15(22)20-7-3-4-8-20/h12-14H,3-11H2,1-2H3,(H2,17,18,19). The monoisotopic (exact) mass is 307 g/mol. The van der Waals surface area contributed by atoms with Crippen LogP contribution < -0.4 is 10.6 Å². The summed E-state index contributed by atoms with van der Waals surface area (Å²) in [6, 6.07) is 1.25. The van der Waals surface area contributed by atoms with E-state index in [0.29, 0.717) is 18.5 Å². The molecule has 0 aromatic carbocycles. The fourth-order valence-electron chi connectivity index (χ4n) is 3.54. The molecule has 1 saturated carbocycles. The van der Waals surface area contributed by atoms with Gasteiger partial charge in [-0.2, -0.15) is 0 Å². The van der Waals surface area contributed by atoms with Crippen molar-refractivity contribution in [2.24, 2.45) is 10.9 Å². The number of carbonyl (C=O) groups excluding carboxylic acids is 1. The van der Waals surface area contributed by atoms with E-state index >= 15 is 0 Å². The molecule has 2 atom stereocenters. The number of rotatable bonds is 4. The summed E-state index contributed by atoms with van der Waals surface area (Å²) in [6.07, 6.45) is 4.98. The van der Waals surface area contributed by atoms with E-state index in [0.717, 1.165) is 44.5 Å². The van der Waals surface area contributed by atoms with Crippen molar-refractivity contribution in [1.82, 2.24) is 20.4 Å². The second-order valence-electron chi connectivity index (χ2n) is 6.93. The molecule has 0 spiro atoms. The Hall–Kier alpha value is -1.30. The minimum atomic E-state index is 0.180. The second kappa shape index (κ2) is 6.86. The van der Waals surface area contributed by atoms with Gasteiger partial charge in [0.05, 0.1) is 6.54 Å². The quantitative estimate of drug-likeness (QED) is 0.578. The van der Waals surface area contributed by atoms with Crippen LogP contribution in [0.5, 0.6) is 0 Å². The molecule has 124 valence electrons. The van der Waals surface area contributed by atoms with Crippen LogP contribution >= 0.6 is 0 Å². The summed E-state index contributed by atoms with van der Waals surface area (Å²) in [4.78, 5) is 20.9. The van der Waals surface area contributed by atoms with Crippen molar-refractivity contribution < 1.29 is 4.79 Å². The zero-order chi connectivity index (χ0) is 15.5. The minimum absolute atomic E-state index is 0.180. The van der Waals surface area contributed by atoms with Gasteiger partial charge in [-0.05, 0) is 31.6 Å². The van der Waals surface area contributed by atoms with Crippen LogP contribution in [0.25, 0.3) is 0 Å². The molecule has 0 aromatic rings. The van der Waals surface area contributed by atoms with Crippen molar-refractivity contribution in [1.29, 1.82) is 0 Å². The third-order valence-corrected chi connectivity index (χ3v) is 5.12. The summed E-state index contributed by atoms with van der Waals surface area (Å²) in [5.74, 6) is 1.55. The van der Waals surface area contributed by atoms with Crippen LogP contribution in [-0.4, -0.2) is 73.5 Å². The zero-order valence-electron chi connectivity index (χ0n) is 13.8. The molecule has 6 nitrogen and oxygen atoms in total. The molecule has 2 N–H and O–H groups in total. The first-order valence-corrected chi connectivity index (χ1v) is 8.66. The summed E-state index contributed by atoms with van der Waals surface area (Å²) in [5.41, 5.74) is 0. The Morgan fingerprint density at radius 3 is 2.59 bits per heavy atom. The van der Waals surface area contributed by atoms with Gasteiger partial charge in [-0.1, -0.05) is 6.92 Å². The normalized spacial score (nSPS) is 29.9. The summed E-state index contributed by atoms with van der Waals surface area (Å²) in [6.45, 7) is 6.71. The Bertz CT molecular complexity index is 428. The summed E-state index contributed by atoms with van der Waals surface area (Å²) in [7, 11) is 1.77. The maximum atomic E-state index is 12.1. The highest BCUT2D eigenvalue weighted by atomic mass is 16.2. The summed E-state index contributed by atoms with van der Waals surface area (Å²) < 4.78 is 0. The summed E-state index contributed by atoms with van der Waals surface area (Å²) >= 11 is 0. The lowest BCUT2D eigenvalue weighted by Gasteiger charge is -2.21. The molecular weight excluding hydrogens is 278 g/mol. The third kappa shape index (κ3) is 3.72. The van der Waals surface area contributed by atoms with Crippen LogP contribution in [-0.2, 0) is 4.79 Å². The molecule has 2 unspecified atom stereocenters. The average molecular weight is 307 g/mol. The minimum Gasteiger partial charge on any atom is -0.352 e. The fourth-order valence-corrected chi connectivity index (χ4v) is 3.54. The van der Waals surface area contributed by atoms with Gasteiger partial charge in [-0.3, -0.25) is 14.7 Å². The number of aliphatic imine (C=N–C) groups is 1. The maximum Gasteiger partial charge on any atom is 0.241 e. The van der Waals surface area contributed by atoms with E-state index in [2.05, 4.69) is 27.4 Å². The van der Waals surface area contributed by atoms with Gasteiger partial charge in [0.2, 0.25) is 5.91 Å². The van der Waals surface area contributed by atoms with E-state index < -0.39 is 0 Å². The van der Waals surface area contributed by atoms with Gasteiger partial charge in [-0.15, -0.1) is 0 Å². The molecule has 3 aliphatic rings. The van der Waals surface area contributed by atoms with Gasteiger partial charge in [0, 0.05) is 45.3 Å². The first kappa shape index (κ1) is 15.6. The van der Waals surface area contributed by atoms with Crippen LogP contribution in [0.3, 0.4) is 0 Å². The number of hydrogen-bond acceptors (Lipinski definition) is 3. The molecule has 2 heterocycles. The number of amides is 1. The van der Waals surface area contributed by atoms with Crippen molar-refractivity contribution in [3.63, 3.8) is 0 Å². The van der Waals surface area contributed by atoms with Crippen LogP contribution in [0.1, 0.15) is 32.6 Å². The largest absolute Gasteiger partial charge is 0.352 e. The van der Waals surface area contributed by atoms with Gasteiger partial charge in [0.25, 0.3) is 0 Å². The van der Waals surface area contributed by atoms with E-state index in [1.807, 2.05) is 4.90 Å².